The summed E-state index contributed by atoms with van der Waals surface area (Å²) < 4.78 is 13.4. The van der Waals surface area contributed by atoms with Crippen molar-refractivity contribution in [2.24, 2.45) is 4.99 Å². The van der Waals surface area contributed by atoms with Gasteiger partial charge in [-0.05, 0) is 38.8 Å². The van der Waals surface area contributed by atoms with Crippen LogP contribution in [0.1, 0.15) is 38.3 Å². The molecule has 0 fully saturated rings. The summed E-state index contributed by atoms with van der Waals surface area (Å²) in [5.41, 5.74) is 0. The Morgan fingerprint density at radius 2 is 2.07 bits per heavy atom. The zero-order chi connectivity index (χ0) is 19.8. The van der Waals surface area contributed by atoms with Crippen molar-refractivity contribution in [3.05, 3.63) is 35.9 Å². The number of fused-ring (bicyclic) bond motifs is 1. The third-order valence-electron chi connectivity index (χ3n) is 4.59. The molecule has 0 bridgehead atoms. The van der Waals surface area contributed by atoms with Crippen molar-refractivity contribution >= 4 is 29.9 Å². The van der Waals surface area contributed by atoms with E-state index in [9.17, 15) is 0 Å². The Kier molecular flexibility index (Phi) is 9.49. The lowest BCUT2D eigenvalue weighted by Gasteiger charge is -2.18. The Bertz CT molecular complexity index is 795. The van der Waals surface area contributed by atoms with Crippen LogP contribution in [0.3, 0.4) is 0 Å². The summed E-state index contributed by atoms with van der Waals surface area (Å²) in [6, 6.07) is 7.62. The first-order chi connectivity index (χ1) is 13.7. The van der Waals surface area contributed by atoms with Gasteiger partial charge in [-0.3, -0.25) is 0 Å². The van der Waals surface area contributed by atoms with Crippen LogP contribution in [0.25, 0.3) is 0 Å². The van der Waals surface area contributed by atoms with Crippen molar-refractivity contribution < 1.29 is 9.47 Å². The van der Waals surface area contributed by atoms with Crippen LogP contribution < -0.4 is 20.1 Å². The van der Waals surface area contributed by atoms with Gasteiger partial charge in [0, 0.05) is 25.6 Å². The van der Waals surface area contributed by atoms with Crippen molar-refractivity contribution in [3.8, 4) is 11.5 Å². The van der Waals surface area contributed by atoms with Crippen molar-refractivity contribution in [1.29, 1.82) is 0 Å². The highest BCUT2D eigenvalue weighted by Crippen LogP contribution is 2.19. The largest absolute Gasteiger partial charge is 0.497 e. The van der Waals surface area contributed by atoms with Crippen LogP contribution in [0.15, 0.2) is 29.3 Å². The third kappa shape index (κ3) is 6.76. The number of hydrogen-bond donors (Lipinski definition) is 2. The zero-order valence-corrected chi connectivity index (χ0v) is 19.7. The molecule has 3 rings (SSSR count). The molecule has 0 radical (unpaired) electrons. The molecule has 0 spiro atoms. The maximum atomic E-state index is 5.96. The molecule has 1 unspecified atom stereocenters. The van der Waals surface area contributed by atoms with Crippen LogP contribution in [0.5, 0.6) is 11.5 Å². The van der Waals surface area contributed by atoms with Gasteiger partial charge in [0.1, 0.15) is 30.0 Å². The van der Waals surface area contributed by atoms with E-state index in [2.05, 4.69) is 30.4 Å². The molecule has 1 aliphatic rings. The summed E-state index contributed by atoms with van der Waals surface area (Å²) in [4.78, 5) is 4.67. The summed E-state index contributed by atoms with van der Waals surface area (Å²) in [6.07, 6.45) is 3.35. The summed E-state index contributed by atoms with van der Waals surface area (Å²) in [5.74, 6) is 4.31. The van der Waals surface area contributed by atoms with Gasteiger partial charge < -0.3 is 24.7 Å². The number of aliphatic imine (C=N–C) groups is 1. The fourth-order valence-corrected chi connectivity index (χ4v) is 3.17. The molecule has 1 aromatic carbocycles. The maximum Gasteiger partial charge on any atom is 0.191 e. The first-order valence-electron chi connectivity index (χ1n) is 9.93. The Morgan fingerprint density at radius 1 is 1.24 bits per heavy atom. The van der Waals surface area contributed by atoms with Gasteiger partial charge in [-0.2, -0.15) is 0 Å². The van der Waals surface area contributed by atoms with E-state index in [1.165, 1.54) is 12.8 Å². The standard InChI is InChI=1S/C20H30N6O2.HI/c1-4-21-20(23-14-19-25-24-18-10-5-6-11-26(18)19)22-13-15(2)28-17-9-7-8-16(12-17)27-3;/h7-9,12,15H,4-6,10-11,13-14H2,1-3H3,(H2,21,22,23);1H. The average molecular weight is 514 g/mol. The smallest absolute Gasteiger partial charge is 0.191 e. The SMILES string of the molecule is CCNC(=NCc1nnc2n1CCCC2)NCC(C)Oc1cccc(OC)c1.I. The quantitative estimate of drug-likeness (QED) is 0.320. The number of aryl methyl sites for hydroxylation is 1. The van der Waals surface area contributed by atoms with Gasteiger partial charge in [-0.25, -0.2) is 4.99 Å². The van der Waals surface area contributed by atoms with Gasteiger partial charge >= 0.3 is 0 Å². The number of nitrogens with one attached hydrogen (secondary N) is 2. The molecular weight excluding hydrogens is 483 g/mol. The summed E-state index contributed by atoms with van der Waals surface area (Å²) in [5, 5.41) is 15.2. The molecule has 2 aromatic rings. The molecule has 9 heteroatoms. The van der Waals surface area contributed by atoms with E-state index < -0.39 is 0 Å². The second-order valence-corrected chi connectivity index (χ2v) is 6.82. The molecule has 0 amide bonds. The molecule has 0 saturated heterocycles. The van der Waals surface area contributed by atoms with Crippen LogP contribution in [-0.2, 0) is 19.5 Å². The summed E-state index contributed by atoms with van der Waals surface area (Å²) in [7, 11) is 1.65. The van der Waals surface area contributed by atoms with Gasteiger partial charge in [0.25, 0.3) is 0 Å². The Labute approximate surface area is 189 Å². The zero-order valence-electron chi connectivity index (χ0n) is 17.4. The number of guanidine groups is 1. The topological polar surface area (TPSA) is 85.6 Å². The number of halogens is 1. The summed E-state index contributed by atoms with van der Waals surface area (Å²) >= 11 is 0. The number of aromatic nitrogens is 3. The molecule has 1 aromatic heterocycles. The second-order valence-electron chi connectivity index (χ2n) is 6.82. The van der Waals surface area contributed by atoms with Crippen molar-refractivity contribution in [1.82, 2.24) is 25.4 Å². The van der Waals surface area contributed by atoms with Crippen molar-refractivity contribution in [2.45, 2.75) is 52.3 Å². The fraction of sp³-hybridized carbons (Fsp3) is 0.550. The van der Waals surface area contributed by atoms with Crippen LogP contribution in [-0.4, -0.2) is 47.0 Å². The number of nitrogens with zero attached hydrogens (tertiary/aromatic N) is 4. The van der Waals surface area contributed by atoms with Crippen LogP contribution in [0.4, 0.5) is 0 Å². The minimum atomic E-state index is -0.0307. The van der Waals surface area contributed by atoms with Crippen molar-refractivity contribution in [3.63, 3.8) is 0 Å². The van der Waals surface area contributed by atoms with E-state index in [0.29, 0.717) is 13.1 Å². The lowest BCUT2D eigenvalue weighted by atomic mass is 10.2. The number of rotatable bonds is 8. The van der Waals surface area contributed by atoms with Crippen LogP contribution in [0.2, 0.25) is 0 Å². The highest BCUT2D eigenvalue weighted by Gasteiger charge is 2.15. The van der Waals surface area contributed by atoms with Crippen molar-refractivity contribution in [2.75, 3.05) is 20.2 Å². The highest BCUT2D eigenvalue weighted by atomic mass is 127. The highest BCUT2D eigenvalue weighted by molar-refractivity contribution is 14.0. The minimum absolute atomic E-state index is 0. The third-order valence-corrected chi connectivity index (χ3v) is 4.59. The minimum Gasteiger partial charge on any atom is -0.497 e. The summed E-state index contributed by atoms with van der Waals surface area (Å²) in [6.45, 7) is 6.98. The number of benzene rings is 1. The first-order valence-corrected chi connectivity index (χ1v) is 9.93. The second kappa shape index (κ2) is 11.8. The van der Waals surface area contributed by atoms with E-state index in [0.717, 1.165) is 48.6 Å². The fourth-order valence-electron chi connectivity index (χ4n) is 3.17. The predicted molar refractivity (Wildman–Crippen MR) is 124 cm³/mol. The average Bonchev–Trinajstić information content (AvgIpc) is 3.13. The van der Waals surface area contributed by atoms with Gasteiger partial charge in [0.05, 0.1) is 13.7 Å². The van der Waals surface area contributed by atoms with Crippen LogP contribution in [0, 0.1) is 0 Å². The Hall–Kier alpha value is -2.04. The maximum absolute atomic E-state index is 5.96. The molecule has 0 saturated carbocycles. The monoisotopic (exact) mass is 514 g/mol. The van der Waals surface area contributed by atoms with E-state index in [4.69, 9.17) is 9.47 Å². The lowest BCUT2D eigenvalue weighted by Crippen LogP contribution is -2.41. The molecule has 1 aliphatic heterocycles. The normalized spacial score (nSPS) is 14.4. The first kappa shape index (κ1) is 23.2. The molecule has 8 nitrogen and oxygen atoms in total. The molecular formula is C20H31IN6O2. The molecule has 0 aliphatic carbocycles. The van der Waals surface area contributed by atoms with E-state index in [1.54, 1.807) is 7.11 Å². The molecule has 1 atom stereocenters. The van der Waals surface area contributed by atoms with E-state index in [-0.39, 0.29) is 30.1 Å². The Morgan fingerprint density at radius 3 is 2.86 bits per heavy atom. The van der Waals surface area contributed by atoms with Gasteiger partial charge in [-0.15, -0.1) is 34.2 Å². The molecule has 29 heavy (non-hydrogen) atoms. The van der Waals surface area contributed by atoms with Crippen LogP contribution >= 0.6 is 24.0 Å². The number of ether oxygens (including phenoxy) is 2. The number of hydrogen-bond acceptors (Lipinski definition) is 5. The van der Waals surface area contributed by atoms with Gasteiger partial charge in [-0.1, -0.05) is 6.07 Å². The molecule has 2 heterocycles. The van der Waals surface area contributed by atoms with E-state index >= 15 is 0 Å². The number of methoxy groups -OCH3 is 1. The molecule has 160 valence electrons. The molecule has 2 N–H and O–H groups in total. The Balaban J connectivity index is 0.00000300. The van der Waals surface area contributed by atoms with Gasteiger partial charge in [0.15, 0.2) is 11.8 Å². The lowest BCUT2D eigenvalue weighted by molar-refractivity contribution is 0.223. The van der Waals surface area contributed by atoms with E-state index in [1.807, 2.05) is 38.1 Å². The predicted octanol–water partition coefficient (Wildman–Crippen LogP) is 2.76. The van der Waals surface area contributed by atoms with Gasteiger partial charge in [0.2, 0.25) is 0 Å².